The molecule has 3 rings (SSSR count). The van der Waals surface area contributed by atoms with Crippen LogP contribution in [0, 0.1) is 0 Å². The van der Waals surface area contributed by atoms with E-state index in [1.54, 1.807) is 0 Å². The molecule has 0 saturated carbocycles. The molecule has 0 spiro atoms. The summed E-state index contributed by atoms with van der Waals surface area (Å²) in [4.78, 5) is 16.2. The molecule has 0 bridgehead atoms. The van der Waals surface area contributed by atoms with E-state index in [0.717, 1.165) is 16.9 Å². The van der Waals surface area contributed by atoms with Gasteiger partial charge in [0.15, 0.2) is 4.67 Å². The summed E-state index contributed by atoms with van der Waals surface area (Å²) in [6.07, 6.45) is 2.23. The summed E-state index contributed by atoms with van der Waals surface area (Å²) >= 11 is 4.60. The van der Waals surface area contributed by atoms with Crippen molar-refractivity contribution in [2.24, 2.45) is 0 Å². The lowest BCUT2D eigenvalue weighted by Crippen LogP contribution is -2.13. The van der Waals surface area contributed by atoms with Gasteiger partial charge in [-0.15, -0.1) is 5.10 Å². The third kappa shape index (κ3) is 2.69. The van der Waals surface area contributed by atoms with Crippen LogP contribution in [0.2, 0.25) is 0 Å². The van der Waals surface area contributed by atoms with E-state index >= 15 is 0 Å². The third-order valence-corrected chi connectivity index (χ3v) is 3.75. The lowest BCUT2D eigenvalue weighted by atomic mass is 10.3. The van der Waals surface area contributed by atoms with E-state index in [0.29, 0.717) is 16.6 Å². The van der Waals surface area contributed by atoms with E-state index in [-0.39, 0.29) is 5.56 Å². The number of nitrogens with one attached hydrogen (secondary N) is 1. The lowest BCUT2D eigenvalue weighted by molar-refractivity contribution is 0.491. The fourth-order valence-corrected chi connectivity index (χ4v) is 2.73. The number of hydrogen-bond acceptors (Lipinski definition) is 6. The van der Waals surface area contributed by atoms with Crippen molar-refractivity contribution in [2.75, 3.05) is 11.9 Å². The minimum Gasteiger partial charge on any atom is -0.454 e. The minimum atomic E-state index is -0.177. The highest BCUT2D eigenvalue weighted by atomic mass is 79.9. The molecule has 0 amide bonds. The normalized spacial score (nSPS) is 11.0. The molecule has 6 nitrogen and oxygen atoms in total. The van der Waals surface area contributed by atoms with Gasteiger partial charge < -0.3 is 9.73 Å². The summed E-state index contributed by atoms with van der Waals surface area (Å²) in [5, 5.41) is 7.98. The van der Waals surface area contributed by atoms with Crippen LogP contribution in [0.3, 0.4) is 0 Å². The van der Waals surface area contributed by atoms with Crippen LogP contribution in [0.25, 0.3) is 4.96 Å². The SMILES string of the molecule is O=c1ccnc2sc(NCCc3ccc(Br)o3)nn12. The molecule has 0 radical (unpaired) electrons. The second kappa shape index (κ2) is 5.14. The molecule has 3 heterocycles. The molecule has 8 heteroatoms. The van der Waals surface area contributed by atoms with E-state index in [4.69, 9.17) is 4.42 Å². The fraction of sp³-hybridized carbons (Fsp3) is 0.182. The first-order valence-corrected chi connectivity index (χ1v) is 7.16. The molecule has 3 aromatic heterocycles. The predicted octanol–water partition coefficient (Wildman–Crippen LogP) is 2.16. The van der Waals surface area contributed by atoms with Gasteiger partial charge in [-0.25, -0.2) is 4.98 Å². The Morgan fingerprint density at radius 2 is 2.32 bits per heavy atom. The molecule has 0 fully saturated rings. The maximum atomic E-state index is 11.5. The van der Waals surface area contributed by atoms with E-state index in [9.17, 15) is 4.79 Å². The van der Waals surface area contributed by atoms with Crippen LogP contribution in [-0.2, 0) is 6.42 Å². The molecule has 0 atom stereocenters. The van der Waals surface area contributed by atoms with Crippen LogP contribution >= 0.6 is 27.3 Å². The van der Waals surface area contributed by atoms with E-state index in [1.165, 1.54) is 28.1 Å². The molecular formula is C11H9BrN4O2S. The van der Waals surface area contributed by atoms with Crippen LogP contribution in [0.1, 0.15) is 5.76 Å². The molecular weight excluding hydrogens is 332 g/mol. The maximum absolute atomic E-state index is 11.5. The number of aromatic nitrogens is 3. The molecule has 0 aliphatic carbocycles. The van der Waals surface area contributed by atoms with Crippen LogP contribution < -0.4 is 10.9 Å². The highest BCUT2D eigenvalue weighted by Crippen LogP contribution is 2.17. The lowest BCUT2D eigenvalue weighted by Gasteiger charge is -1.98. The highest BCUT2D eigenvalue weighted by molar-refractivity contribution is 9.10. The zero-order valence-electron chi connectivity index (χ0n) is 9.67. The Morgan fingerprint density at radius 3 is 3.05 bits per heavy atom. The molecule has 0 saturated heterocycles. The van der Waals surface area contributed by atoms with Crippen molar-refractivity contribution in [3.8, 4) is 0 Å². The zero-order valence-corrected chi connectivity index (χ0v) is 12.1. The van der Waals surface area contributed by atoms with Gasteiger partial charge in [-0.1, -0.05) is 11.3 Å². The number of fused-ring (bicyclic) bond motifs is 1. The Kier molecular flexibility index (Phi) is 3.34. The van der Waals surface area contributed by atoms with Crippen molar-refractivity contribution >= 4 is 37.4 Å². The molecule has 0 unspecified atom stereocenters. The van der Waals surface area contributed by atoms with Gasteiger partial charge >= 0.3 is 0 Å². The summed E-state index contributed by atoms with van der Waals surface area (Å²) in [6, 6.07) is 5.16. The van der Waals surface area contributed by atoms with Crippen molar-refractivity contribution in [2.45, 2.75) is 6.42 Å². The van der Waals surface area contributed by atoms with Crippen LogP contribution in [0.5, 0.6) is 0 Å². The molecule has 1 N–H and O–H groups in total. The largest absolute Gasteiger partial charge is 0.454 e. The van der Waals surface area contributed by atoms with Gasteiger partial charge in [-0.05, 0) is 28.1 Å². The van der Waals surface area contributed by atoms with E-state index in [2.05, 4.69) is 31.3 Å². The molecule has 0 aliphatic rings. The Morgan fingerprint density at radius 1 is 1.42 bits per heavy atom. The summed E-state index contributed by atoms with van der Waals surface area (Å²) in [6.45, 7) is 0.675. The molecule has 19 heavy (non-hydrogen) atoms. The van der Waals surface area contributed by atoms with Crippen LogP contribution in [0.4, 0.5) is 5.13 Å². The van der Waals surface area contributed by atoms with Crippen molar-refractivity contribution in [1.29, 1.82) is 0 Å². The van der Waals surface area contributed by atoms with Crippen molar-refractivity contribution in [1.82, 2.24) is 14.6 Å². The summed E-state index contributed by atoms with van der Waals surface area (Å²) in [5.41, 5.74) is -0.177. The number of anilines is 1. The number of furan rings is 1. The zero-order chi connectivity index (χ0) is 13.2. The standard InChI is InChI=1S/C11H9BrN4O2S/c12-8-2-1-7(18-8)3-5-13-10-15-16-9(17)4-6-14-11(16)19-10/h1-2,4,6H,3,5H2,(H,13,15). The second-order valence-corrected chi connectivity index (χ2v) is 5.50. The molecule has 0 aromatic carbocycles. The average molecular weight is 341 g/mol. The van der Waals surface area contributed by atoms with E-state index in [1.807, 2.05) is 12.1 Å². The van der Waals surface area contributed by atoms with Crippen LogP contribution in [-0.4, -0.2) is 21.1 Å². The summed E-state index contributed by atoms with van der Waals surface area (Å²) in [7, 11) is 0. The van der Waals surface area contributed by atoms with Crippen molar-refractivity contribution in [3.63, 3.8) is 0 Å². The van der Waals surface area contributed by atoms with Gasteiger partial charge in [0.05, 0.1) is 0 Å². The summed E-state index contributed by atoms with van der Waals surface area (Å²) < 4.78 is 7.40. The quantitative estimate of drug-likeness (QED) is 0.787. The smallest absolute Gasteiger partial charge is 0.275 e. The molecule has 98 valence electrons. The number of hydrogen-bond donors (Lipinski definition) is 1. The second-order valence-electron chi connectivity index (χ2n) is 3.77. The fourth-order valence-electron chi connectivity index (χ4n) is 1.59. The predicted molar refractivity (Wildman–Crippen MR) is 75.7 cm³/mol. The third-order valence-electron chi connectivity index (χ3n) is 2.45. The topological polar surface area (TPSA) is 72.4 Å². The Balaban J connectivity index is 1.68. The Bertz CT molecular complexity index is 763. The molecule has 3 aromatic rings. The van der Waals surface area contributed by atoms with Gasteiger partial charge in [0, 0.05) is 25.2 Å². The number of rotatable bonds is 4. The van der Waals surface area contributed by atoms with E-state index < -0.39 is 0 Å². The van der Waals surface area contributed by atoms with Crippen molar-refractivity contribution < 1.29 is 4.42 Å². The van der Waals surface area contributed by atoms with Gasteiger partial charge in [-0.2, -0.15) is 4.52 Å². The van der Waals surface area contributed by atoms with Gasteiger partial charge in [0.25, 0.3) is 5.56 Å². The van der Waals surface area contributed by atoms with Crippen molar-refractivity contribution in [3.05, 3.63) is 45.2 Å². The Labute approximate surface area is 120 Å². The Hall–Kier alpha value is -1.67. The summed E-state index contributed by atoms with van der Waals surface area (Å²) in [5.74, 6) is 0.885. The first kappa shape index (κ1) is 12.4. The molecule has 0 aliphatic heterocycles. The highest BCUT2D eigenvalue weighted by Gasteiger charge is 2.06. The first-order valence-electron chi connectivity index (χ1n) is 5.55. The maximum Gasteiger partial charge on any atom is 0.275 e. The minimum absolute atomic E-state index is 0.177. The number of nitrogens with zero attached hydrogens (tertiary/aromatic N) is 3. The number of halogens is 1. The van der Waals surface area contributed by atoms with Gasteiger partial charge in [-0.3, -0.25) is 4.79 Å². The monoisotopic (exact) mass is 340 g/mol. The van der Waals surface area contributed by atoms with Gasteiger partial charge in [0.2, 0.25) is 10.1 Å². The average Bonchev–Trinajstić information content (AvgIpc) is 2.97. The van der Waals surface area contributed by atoms with Crippen LogP contribution in [0.15, 0.2) is 38.3 Å². The first-order chi connectivity index (χ1) is 9.22. The van der Waals surface area contributed by atoms with Gasteiger partial charge in [0.1, 0.15) is 5.76 Å².